The van der Waals surface area contributed by atoms with E-state index in [1.165, 1.54) is 0 Å². The average molecular weight is 385 g/mol. The van der Waals surface area contributed by atoms with E-state index >= 15 is 0 Å². The second-order valence-electron chi connectivity index (χ2n) is 7.98. The first-order valence-electron chi connectivity index (χ1n) is 10.0. The molecule has 2 aromatic rings. The highest BCUT2D eigenvalue weighted by molar-refractivity contribution is 5.69. The smallest absolute Gasteiger partial charge is 0.407 e. The van der Waals surface area contributed by atoms with Crippen LogP contribution in [0.4, 0.5) is 4.79 Å². The van der Waals surface area contributed by atoms with Crippen LogP contribution in [0.1, 0.15) is 57.6 Å². The fourth-order valence-electron chi connectivity index (χ4n) is 3.09. The van der Waals surface area contributed by atoms with Crippen LogP contribution in [0.25, 0.3) is 5.57 Å². The molecule has 1 N–H and O–H groups in total. The van der Waals surface area contributed by atoms with Gasteiger partial charge in [-0.2, -0.15) is 0 Å². The molecule has 0 atom stereocenters. The molecule has 0 aliphatic rings. The van der Waals surface area contributed by atoms with Gasteiger partial charge < -0.3 is 10.1 Å². The van der Waals surface area contributed by atoms with Crippen molar-refractivity contribution in [2.45, 2.75) is 58.5 Å². The summed E-state index contributed by atoms with van der Waals surface area (Å²) in [6.45, 7) is 11.4. The second-order valence-corrected chi connectivity index (χ2v) is 7.98. The molecular formula is C23H34N3O2+. The number of nitrogens with zero attached hydrogens (tertiary/aromatic N) is 2. The van der Waals surface area contributed by atoms with Crippen LogP contribution in [0.3, 0.4) is 0 Å². The molecule has 5 nitrogen and oxygen atoms in total. The van der Waals surface area contributed by atoms with Gasteiger partial charge >= 0.3 is 6.09 Å². The number of imidazole rings is 1. The predicted molar refractivity (Wildman–Crippen MR) is 113 cm³/mol. The van der Waals surface area contributed by atoms with Crippen molar-refractivity contribution >= 4 is 11.7 Å². The summed E-state index contributed by atoms with van der Waals surface area (Å²) in [7, 11) is 2.03. The fourth-order valence-corrected chi connectivity index (χ4v) is 3.09. The lowest BCUT2D eigenvalue weighted by molar-refractivity contribution is -0.671. The van der Waals surface area contributed by atoms with Crippen LogP contribution in [0.2, 0.25) is 0 Å². The Balaban J connectivity index is 1.66. The Morgan fingerprint density at radius 3 is 2.68 bits per heavy atom. The summed E-state index contributed by atoms with van der Waals surface area (Å²) in [4.78, 5) is 12.2. The molecule has 0 aliphatic heterocycles. The van der Waals surface area contributed by atoms with E-state index in [-0.39, 0.29) is 6.09 Å². The summed E-state index contributed by atoms with van der Waals surface area (Å²) in [5, 5.41) is 2.97. The molecule has 0 fully saturated rings. The average Bonchev–Trinajstić information content (AvgIpc) is 3.05. The topological polar surface area (TPSA) is 47.1 Å². The van der Waals surface area contributed by atoms with Gasteiger partial charge in [-0.15, -0.1) is 0 Å². The van der Waals surface area contributed by atoms with Crippen molar-refractivity contribution in [1.29, 1.82) is 0 Å². The van der Waals surface area contributed by atoms with Gasteiger partial charge in [0.2, 0.25) is 6.33 Å². The number of rotatable bonds is 10. The van der Waals surface area contributed by atoms with Gasteiger partial charge in [-0.05, 0) is 63.6 Å². The van der Waals surface area contributed by atoms with E-state index in [1.807, 2.05) is 56.8 Å². The van der Waals surface area contributed by atoms with E-state index in [4.69, 9.17) is 4.74 Å². The lowest BCUT2D eigenvalue weighted by Gasteiger charge is -2.27. The zero-order valence-electron chi connectivity index (χ0n) is 17.7. The van der Waals surface area contributed by atoms with Gasteiger partial charge in [-0.3, -0.25) is 0 Å². The number of carbonyl (C=O) groups is 1. The van der Waals surface area contributed by atoms with Crippen molar-refractivity contribution in [3.8, 4) is 0 Å². The molecule has 0 saturated heterocycles. The van der Waals surface area contributed by atoms with E-state index in [9.17, 15) is 4.79 Å². The van der Waals surface area contributed by atoms with Crippen LogP contribution in [0, 0.1) is 0 Å². The number of aryl methyl sites for hydroxylation is 2. The van der Waals surface area contributed by atoms with Crippen LogP contribution >= 0.6 is 0 Å². The molecule has 0 aliphatic carbocycles. The number of unbranched alkanes of at least 4 members (excludes halogenated alkanes) is 3. The standard InChI is InChI=1S/C23H33N3O2/c1-19(2)20-11-10-12-21(17-20)23(3,4)24-22(27)28-16-9-7-6-8-13-26-15-14-25(5)18-26/h10-12,14-15,17-18H,1,6-9,13,16H2,2-5H3/p+1. The second kappa shape index (κ2) is 10.1. The van der Waals surface area contributed by atoms with E-state index in [1.54, 1.807) is 0 Å². The summed E-state index contributed by atoms with van der Waals surface area (Å²) >= 11 is 0. The Morgan fingerprint density at radius 2 is 2.00 bits per heavy atom. The van der Waals surface area contributed by atoms with Crippen LogP contribution in [-0.4, -0.2) is 17.3 Å². The normalized spacial score (nSPS) is 11.3. The SMILES string of the molecule is C=C(C)c1cccc(C(C)(C)NC(=O)OCCCCCCn2cc[n+](C)c2)c1. The Morgan fingerprint density at radius 1 is 1.25 bits per heavy atom. The third-order valence-corrected chi connectivity index (χ3v) is 4.86. The van der Waals surface area contributed by atoms with Crippen molar-refractivity contribution in [3.05, 3.63) is 60.7 Å². The van der Waals surface area contributed by atoms with Crippen LogP contribution < -0.4 is 9.88 Å². The summed E-state index contributed by atoms with van der Waals surface area (Å²) in [6, 6.07) is 8.09. The number of alkyl carbamates (subject to hydrolysis) is 1. The highest BCUT2D eigenvalue weighted by Crippen LogP contribution is 2.23. The van der Waals surface area contributed by atoms with E-state index in [0.29, 0.717) is 6.61 Å². The number of carbonyl (C=O) groups excluding carboxylic acids is 1. The highest BCUT2D eigenvalue weighted by Gasteiger charge is 2.23. The van der Waals surface area contributed by atoms with Gasteiger partial charge in [-0.25, -0.2) is 13.9 Å². The molecular weight excluding hydrogens is 350 g/mol. The number of nitrogens with one attached hydrogen (secondary N) is 1. The molecule has 0 unspecified atom stereocenters. The number of benzene rings is 1. The van der Waals surface area contributed by atoms with Crippen molar-refractivity contribution in [3.63, 3.8) is 0 Å². The minimum absolute atomic E-state index is 0.370. The minimum atomic E-state index is -0.505. The van der Waals surface area contributed by atoms with Crippen LogP contribution in [-0.2, 0) is 23.9 Å². The number of hydrogen-bond donors (Lipinski definition) is 1. The zero-order chi connectivity index (χ0) is 20.6. The highest BCUT2D eigenvalue weighted by atomic mass is 16.5. The molecule has 1 aromatic heterocycles. The lowest BCUT2D eigenvalue weighted by Crippen LogP contribution is -2.41. The first-order valence-corrected chi connectivity index (χ1v) is 10.0. The molecule has 1 amide bonds. The zero-order valence-corrected chi connectivity index (χ0v) is 17.7. The lowest BCUT2D eigenvalue weighted by atomic mass is 9.92. The molecule has 0 radical (unpaired) electrons. The Hall–Kier alpha value is -2.56. The van der Waals surface area contributed by atoms with Crippen molar-refractivity contribution in [1.82, 2.24) is 9.88 Å². The Bertz CT molecular complexity index is 793. The molecule has 152 valence electrons. The van der Waals surface area contributed by atoms with Gasteiger partial charge in [0, 0.05) is 0 Å². The van der Waals surface area contributed by atoms with Crippen molar-refractivity contribution in [2.24, 2.45) is 7.05 Å². The van der Waals surface area contributed by atoms with Gasteiger partial charge in [0.15, 0.2) is 0 Å². The van der Waals surface area contributed by atoms with Crippen molar-refractivity contribution < 1.29 is 14.1 Å². The fraction of sp³-hybridized carbons (Fsp3) is 0.478. The summed E-state index contributed by atoms with van der Waals surface area (Å²) < 4.78 is 9.60. The van der Waals surface area contributed by atoms with Gasteiger partial charge in [-0.1, -0.05) is 30.4 Å². The van der Waals surface area contributed by atoms with E-state index in [2.05, 4.69) is 35.1 Å². The predicted octanol–water partition coefficient (Wildman–Crippen LogP) is 4.57. The summed E-state index contributed by atoms with van der Waals surface area (Å²) in [6.07, 6.45) is 10.1. The van der Waals surface area contributed by atoms with Gasteiger partial charge in [0.1, 0.15) is 12.4 Å². The summed E-state index contributed by atoms with van der Waals surface area (Å²) in [5.41, 5.74) is 2.61. The first-order chi connectivity index (χ1) is 13.3. The maximum Gasteiger partial charge on any atom is 0.407 e. The molecule has 28 heavy (non-hydrogen) atoms. The van der Waals surface area contributed by atoms with Gasteiger partial charge in [0.05, 0.1) is 25.7 Å². The number of aromatic nitrogens is 2. The molecule has 1 heterocycles. The maximum atomic E-state index is 12.2. The number of amides is 1. The number of allylic oxidation sites excluding steroid dienone is 1. The molecule has 2 rings (SSSR count). The largest absolute Gasteiger partial charge is 0.450 e. The Labute approximate surface area is 169 Å². The molecule has 0 bridgehead atoms. The van der Waals surface area contributed by atoms with E-state index in [0.717, 1.165) is 48.9 Å². The number of ether oxygens (including phenoxy) is 1. The quantitative estimate of drug-likeness (QED) is 0.482. The molecule has 5 heteroatoms. The summed E-state index contributed by atoms with van der Waals surface area (Å²) in [5.74, 6) is 0. The first kappa shape index (κ1) is 21.7. The molecule has 0 saturated carbocycles. The Kier molecular flexibility index (Phi) is 7.85. The monoisotopic (exact) mass is 384 g/mol. The molecule has 1 aromatic carbocycles. The number of hydrogen-bond acceptors (Lipinski definition) is 2. The van der Waals surface area contributed by atoms with Gasteiger partial charge in [0.25, 0.3) is 0 Å². The van der Waals surface area contributed by atoms with Crippen LogP contribution in [0.15, 0.2) is 49.6 Å². The third-order valence-electron chi connectivity index (χ3n) is 4.86. The maximum absolute atomic E-state index is 12.2. The minimum Gasteiger partial charge on any atom is -0.450 e. The van der Waals surface area contributed by atoms with Crippen molar-refractivity contribution in [2.75, 3.05) is 6.61 Å². The van der Waals surface area contributed by atoms with Crippen LogP contribution in [0.5, 0.6) is 0 Å². The molecule has 0 spiro atoms. The van der Waals surface area contributed by atoms with E-state index < -0.39 is 5.54 Å². The third kappa shape index (κ3) is 6.87.